The van der Waals surface area contributed by atoms with Gasteiger partial charge in [0.25, 0.3) is 10.2 Å². The van der Waals surface area contributed by atoms with Gasteiger partial charge < -0.3 is 9.57 Å². The SMILES string of the molecule is O=C(CCCO[N+](=O)[O-])Oc1ccc(O[N+](=O)[O-])c2cccnc12. The van der Waals surface area contributed by atoms with E-state index in [0.717, 1.165) is 0 Å². The summed E-state index contributed by atoms with van der Waals surface area (Å²) in [5.74, 6) is -0.583. The average molecular weight is 337 g/mol. The number of rotatable bonds is 8. The van der Waals surface area contributed by atoms with Crippen molar-refractivity contribution in [2.24, 2.45) is 0 Å². The Hall–Kier alpha value is -3.50. The van der Waals surface area contributed by atoms with Gasteiger partial charge in [0, 0.05) is 18.0 Å². The number of carbonyl (C=O) groups is 1. The molecule has 0 spiro atoms. The zero-order valence-electron chi connectivity index (χ0n) is 12.1. The molecule has 2 rings (SSSR count). The fourth-order valence-electron chi connectivity index (χ4n) is 1.89. The molecule has 2 aromatic rings. The summed E-state index contributed by atoms with van der Waals surface area (Å²) in [6, 6.07) is 5.68. The van der Waals surface area contributed by atoms with Gasteiger partial charge in [0.2, 0.25) is 0 Å². The Morgan fingerprint density at radius 3 is 2.58 bits per heavy atom. The zero-order chi connectivity index (χ0) is 17.5. The summed E-state index contributed by atoms with van der Waals surface area (Å²) in [7, 11) is 0. The predicted octanol–water partition coefficient (Wildman–Crippen LogP) is 1.70. The van der Waals surface area contributed by atoms with Gasteiger partial charge in [-0.15, -0.1) is 20.2 Å². The van der Waals surface area contributed by atoms with Crippen LogP contribution in [-0.2, 0) is 9.63 Å². The molecular weight excluding hydrogens is 326 g/mol. The fraction of sp³-hybridized carbons (Fsp3) is 0.231. The summed E-state index contributed by atoms with van der Waals surface area (Å²) >= 11 is 0. The Kier molecular flexibility index (Phi) is 5.39. The first-order chi connectivity index (χ1) is 11.5. The van der Waals surface area contributed by atoms with Crippen LogP contribution in [0.3, 0.4) is 0 Å². The molecule has 0 bridgehead atoms. The van der Waals surface area contributed by atoms with E-state index in [9.17, 15) is 25.0 Å². The van der Waals surface area contributed by atoms with Crippen molar-refractivity contribution in [2.75, 3.05) is 6.61 Å². The van der Waals surface area contributed by atoms with Gasteiger partial charge in [0.15, 0.2) is 5.75 Å². The van der Waals surface area contributed by atoms with Gasteiger partial charge in [-0.1, -0.05) is 0 Å². The molecule has 11 heteroatoms. The highest BCUT2D eigenvalue weighted by atomic mass is 17.0. The van der Waals surface area contributed by atoms with E-state index in [4.69, 9.17) is 4.74 Å². The van der Waals surface area contributed by atoms with E-state index in [-0.39, 0.29) is 36.5 Å². The first-order valence-corrected chi connectivity index (χ1v) is 6.65. The molecule has 0 N–H and O–H groups in total. The lowest BCUT2D eigenvalue weighted by Gasteiger charge is -2.09. The molecule has 0 aliphatic carbocycles. The number of fused-ring (bicyclic) bond motifs is 1. The third-order valence-corrected chi connectivity index (χ3v) is 2.81. The first kappa shape index (κ1) is 16.9. The van der Waals surface area contributed by atoms with Crippen molar-refractivity contribution in [3.05, 3.63) is 50.7 Å². The van der Waals surface area contributed by atoms with E-state index in [0.29, 0.717) is 5.39 Å². The van der Waals surface area contributed by atoms with Crippen LogP contribution in [0.5, 0.6) is 11.5 Å². The highest BCUT2D eigenvalue weighted by Crippen LogP contribution is 2.31. The fourth-order valence-corrected chi connectivity index (χ4v) is 1.89. The van der Waals surface area contributed by atoms with Crippen molar-refractivity contribution < 1.29 is 29.4 Å². The smallest absolute Gasteiger partial charge is 0.311 e. The maximum absolute atomic E-state index is 11.7. The summed E-state index contributed by atoms with van der Waals surface area (Å²) in [6.07, 6.45) is 1.43. The number of hydrogen-bond donors (Lipinski definition) is 0. The molecule has 0 amide bonds. The highest BCUT2D eigenvalue weighted by Gasteiger charge is 2.14. The van der Waals surface area contributed by atoms with Crippen LogP contribution in [0.15, 0.2) is 30.5 Å². The number of nitrogens with zero attached hydrogens (tertiary/aromatic N) is 3. The minimum absolute atomic E-state index is 0.0396. The van der Waals surface area contributed by atoms with Crippen LogP contribution in [-0.4, -0.2) is 27.7 Å². The van der Waals surface area contributed by atoms with Gasteiger partial charge in [-0.3, -0.25) is 14.6 Å². The summed E-state index contributed by atoms with van der Waals surface area (Å²) < 4.78 is 5.14. The molecule has 0 atom stereocenters. The normalized spacial score (nSPS) is 10.2. The Labute approximate surface area is 134 Å². The number of hydrogen-bond acceptors (Lipinski definition) is 9. The molecule has 0 aliphatic heterocycles. The van der Waals surface area contributed by atoms with Crippen molar-refractivity contribution in [3.63, 3.8) is 0 Å². The molecule has 0 unspecified atom stereocenters. The van der Waals surface area contributed by atoms with Crippen LogP contribution >= 0.6 is 0 Å². The van der Waals surface area contributed by atoms with Crippen LogP contribution in [0.25, 0.3) is 10.9 Å². The minimum Gasteiger partial charge on any atom is -0.424 e. The van der Waals surface area contributed by atoms with Gasteiger partial charge >= 0.3 is 5.97 Å². The van der Waals surface area contributed by atoms with Gasteiger partial charge in [-0.05, 0) is 30.7 Å². The Morgan fingerprint density at radius 1 is 1.12 bits per heavy atom. The quantitative estimate of drug-likeness (QED) is 0.231. The molecular formula is C13H11N3O8. The van der Waals surface area contributed by atoms with Crippen LogP contribution in [0, 0.1) is 20.2 Å². The van der Waals surface area contributed by atoms with E-state index >= 15 is 0 Å². The minimum atomic E-state index is -0.956. The number of carbonyl (C=O) groups excluding carboxylic acids is 1. The van der Waals surface area contributed by atoms with E-state index in [2.05, 4.69) is 14.7 Å². The first-order valence-electron chi connectivity index (χ1n) is 6.65. The molecule has 0 radical (unpaired) electrons. The lowest BCUT2D eigenvalue weighted by Crippen LogP contribution is -2.11. The van der Waals surface area contributed by atoms with E-state index in [1.807, 2.05) is 0 Å². The summed E-state index contributed by atoms with van der Waals surface area (Å²) in [6.45, 7) is -0.225. The maximum atomic E-state index is 11.7. The zero-order valence-corrected chi connectivity index (χ0v) is 12.1. The molecule has 1 heterocycles. The topological polar surface area (TPSA) is 144 Å². The van der Waals surface area contributed by atoms with Crippen LogP contribution in [0.1, 0.15) is 12.8 Å². The number of aromatic nitrogens is 1. The third-order valence-electron chi connectivity index (χ3n) is 2.81. The standard InChI is InChI=1S/C13H11N3O8/c17-12(4-2-8-22-15(18)19)23-11-6-5-10(24-16(20)21)9-3-1-7-14-13(9)11/h1,3,5-7H,2,4,8H2. The number of benzene rings is 1. The monoisotopic (exact) mass is 337 g/mol. The van der Waals surface area contributed by atoms with Crippen LogP contribution in [0.4, 0.5) is 0 Å². The van der Waals surface area contributed by atoms with Crippen molar-refractivity contribution in [1.82, 2.24) is 4.98 Å². The predicted molar refractivity (Wildman–Crippen MR) is 77.2 cm³/mol. The molecule has 0 aliphatic rings. The van der Waals surface area contributed by atoms with Gasteiger partial charge in [-0.25, -0.2) is 0 Å². The lowest BCUT2D eigenvalue weighted by molar-refractivity contribution is -0.757. The molecule has 0 saturated carbocycles. The Bertz CT molecular complexity index is 779. The Morgan fingerprint density at radius 2 is 1.88 bits per heavy atom. The average Bonchev–Trinajstić information content (AvgIpc) is 2.53. The molecule has 1 aromatic heterocycles. The maximum Gasteiger partial charge on any atom is 0.311 e. The number of esters is 1. The number of ether oxygens (including phenoxy) is 1. The molecule has 0 fully saturated rings. The molecule has 1 aromatic carbocycles. The van der Waals surface area contributed by atoms with Crippen LogP contribution in [0.2, 0.25) is 0 Å². The van der Waals surface area contributed by atoms with E-state index < -0.39 is 16.1 Å². The second-order valence-electron chi connectivity index (χ2n) is 4.41. The summed E-state index contributed by atoms with van der Waals surface area (Å²) in [4.78, 5) is 44.8. The largest absolute Gasteiger partial charge is 0.424 e. The van der Waals surface area contributed by atoms with Gasteiger partial charge in [0.05, 0.1) is 6.61 Å². The van der Waals surface area contributed by atoms with Gasteiger partial charge in [0.1, 0.15) is 11.3 Å². The van der Waals surface area contributed by atoms with E-state index in [1.165, 1.54) is 24.4 Å². The molecule has 24 heavy (non-hydrogen) atoms. The van der Waals surface area contributed by atoms with Crippen molar-refractivity contribution >= 4 is 16.9 Å². The molecule has 11 nitrogen and oxygen atoms in total. The second-order valence-corrected chi connectivity index (χ2v) is 4.41. The second kappa shape index (κ2) is 7.67. The van der Waals surface area contributed by atoms with E-state index in [1.54, 1.807) is 6.07 Å². The third kappa shape index (κ3) is 4.50. The number of pyridine rings is 1. The van der Waals surface area contributed by atoms with Crippen molar-refractivity contribution in [2.45, 2.75) is 12.8 Å². The lowest BCUT2D eigenvalue weighted by atomic mass is 10.2. The highest BCUT2D eigenvalue weighted by molar-refractivity contribution is 5.91. The van der Waals surface area contributed by atoms with Crippen LogP contribution < -0.4 is 9.57 Å². The summed E-state index contributed by atoms with van der Waals surface area (Å²) in [5.41, 5.74) is 0.215. The Balaban J connectivity index is 2.11. The van der Waals surface area contributed by atoms with Gasteiger partial charge in [-0.2, -0.15) is 0 Å². The molecule has 0 saturated heterocycles. The molecule has 126 valence electrons. The summed E-state index contributed by atoms with van der Waals surface area (Å²) in [5, 5.41) is 18.9. The van der Waals surface area contributed by atoms with Crippen molar-refractivity contribution in [1.29, 1.82) is 0 Å². The van der Waals surface area contributed by atoms with Crippen molar-refractivity contribution in [3.8, 4) is 11.5 Å².